The topological polar surface area (TPSA) is 73.8 Å². The van der Waals surface area contributed by atoms with Crippen LogP contribution in [0.4, 0.5) is 5.69 Å². The molecule has 1 aromatic rings. The molecule has 3 rings (SSSR count). The summed E-state index contributed by atoms with van der Waals surface area (Å²) in [6.07, 6.45) is 1.53. The molecule has 0 radical (unpaired) electrons. The molecule has 1 fully saturated rings. The van der Waals surface area contributed by atoms with E-state index in [1.807, 2.05) is 36.6 Å². The minimum absolute atomic E-state index is 0.152. The number of ketones is 1. The summed E-state index contributed by atoms with van der Waals surface area (Å²) in [4.78, 5) is 30.7. The van der Waals surface area contributed by atoms with Gasteiger partial charge in [-0.25, -0.2) is 5.43 Å². The van der Waals surface area contributed by atoms with Crippen LogP contribution in [0.3, 0.4) is 0 Å². The van der Waals surface area contributed by atoms with Crippen molar-refractivity contribution < 1.29 is 9.59 Å². The first-order valence-corrected chi connectivity index (χ1v) is 7.88. The van der Waals surface area contributed by atoms with E-state index < -0.39 is 12.0 Å². The highest BCUT2D eigenvalue weighted by molar-refractivity contribution is 8.13. The Morgan fingerprint density at radius 3 is 2.67 bits per heavy atom. The first-order valence-electron chi connectivity index (χ1n) is 6.65. The van der Waals surface area contributed by atoms with Gasteiger partial charge in [0.1, 0.15) is 23.9 Å². The van der Waals surface area contributed by atoms with E-state index in [1.165, 1.54) is 18.7 Å². The summed E-state index contributed by atoms with van der Waals surface area (Å²) < 4.78 is 0. The van der Waals surface area contributed by atoms with Crippen LogP contribution in [0.1, 0.15) is 6.92 Å². The Bertz CT molecular complexity index is 604. The van der Waals surface area contributed by atoms with Crippen molar-refractivity contribution in [3.8, 4) is 0 Å². The van der Waals surface area contributed by atoms with E-state index in [0.29, 0.717) is 5.17 Å². The van der Waals surface area contributed by atoms with Crippen molar-refractivity contribution in [2.75, 3.05) is 11.2 Å². The number of hydrogen-bond acceptors (Lipinski definition) is 6. The highest BCUT2D eigenvalue weighted by atomic mass is 32.2. The molecule has 0 unspecified atom stereocenters. The molecule has 2 heterocycles. The van der Waals surface area contributed by atoms with Crippen LogP contribution < -0.4 is 15.8 Å². The van der Waals surface area contributed by atoms with Crippen molar-refractivity contribution >= 4 is 34.3 Å². The van der Waals surface area contributed by atoms with Crippen LogP contribution in [0.15, 0.2) is 35.3 Å². The SMILES string of the molecule is CSC1=N[C@@H]2[C@H](C(C)=O)C(=O)N(c3ccccc3)[C@@H]2NN1. The largest absolute Gasteiger partial charge is 0.299 e. The van der Waals surface area contributed by atoms with E-state index >= 15 is 0 Å². The second kappa shape index (κ2) is 5.50. The molecule has 0 aromatic heterocycles. The van der Waals surface area contributed by atoms with Crippen LogP contribution in [0.25, 0.3) is 0 Å². The van der Waals surface area contributed by atoms with Crippen molar-refractivity contribution in [1.29, 1.82) is 0 Å². The first-order chi connectivity index (χ1) is 10.1. The number of nitrogens with zero attached hydrogens (tertiary/aromatic N) is 2. The maximum atomic E-state index is 12.7. The molecule has 1 aromatic carbocycles. The van der Waals surface area contributed by atoms with Gasteiger partial charge in [-0.05, 0) is 25.3 Å². The van der Waals surface area contributed by atoms with Gasteiger partial charge in [0.05, 0.1) is 0 Å². The molecule has 2 N–H and O–H groups in total. The van der Waals surface area contributed by atoms with Gasteiger partial charge in [0.25, 0.3) is 0 Å². The zero-order chi connectivity index (χ0) is 15.0. The van der Waals surface area contributed by atoms with Crippen LogP contribution in [-0.2, 0) is 9.59 Å². The summed E-state index contributed by atoms with van der Waals surface area (Å²) in [6.45, 7) is 1.45. The zero-order valence-corrected chi connectivity index (χ0v) is 12.6. The van der Waals surface area contributed by atoms with Gasteiger partial charge in [0.2, 0.25) is 5.91 Å². The summed E-state index contributed by atoms with van der Waals surface area (Å²) >= 11 is 1.44. The van der Waals surface area contributed by atoms with Gasteiger partial charge in [-0.2, -0.15) is 0 Å². The van der Waals surface area contributed by atoms with Gasteiger partial charge in [0, 0.05) is 5.69 Å². The highest BCUT2D eigenvalue weighted by Gasteiger charge is 2.52. The molecule has 0 bridgehead atoms. The smallest absolute Gasteiger partial charge is 0.241 e. The number of carbonyl (C=O) groups excluding carboxylic acids is 2. The number of aliphatic imine (C=N–C) groups is 1. The lowest BCUT2D eigenvalue weighted by Gasteiger charge is -2.31. The molecule has 0 spiro atoms. The lowest BCUT2D eigenvalue weighted by Crippen LogP contribution is -2.58. The Kier molecular flexibility index (Phi) is 3.69. The Morgan fingerprint density at radius 2 is 2.05 bits per heavy atom. The normalized spacial score (nSPS) is 27.9. The highest BCUT2D eigenvalue weighted by Crippen LogP contribution is 2.33. The van der Waals surface area contributed by atoms with E-state index in [-0.39, 0.29) is 17.9 Å². The third-order valence-electron chi connectivity index (χ3n) is 3.71. The molecular formula is C14H16N4O2S. The third-order valence-corrected chi connectivity index (χ3v) is 4.30. The van der Waals surface area contributed by atoms with Gasteiger partial charge in [-0.15, -0.1) is 0 Å². The Labute approximate surface area is 127 Å². The fourth-order valence-electron chi connectivity index (χ4n) is 2.76. The number of anilines is 1. The van der Waals surface area contributed by atoms with Gasteiger partial charge >= 0.3 is 0 Å². The first kappa shape index (κ1) is 14.1. The van der Waals surface area contributed by atoms with Gasteiger partial charge in [0.15, 0.2) is 5.17 Å². The van der Waals surface area contributed by atoms with Crippen LogP contribution in [0, 0.1) is 5.92 Å². The molecule has 7 heteroatoms. The number of amides is 1. The number of carbonyl (C=O) groups is 2. The van der Waals surface area contributed by atoms with E-state index in [0.717, 1.165) is 5.69 Å². The monoisotopic (exact) mass is 304 g/mol. The van der Waals surface area contributed by atoms with Crippen LogP contribution in [0.2, 0.25) is 0 Å². The fourth-order valence-corrected chi connectivity index (χ4v) is 3.15. The Morgan fingerprint density at radius 1 is 1.33 bits per heavy atom. The zero-order valence-electron chi connectivity index (χ0n) is 11.7. The fraction of sp³-hybridized carbons (Fsp3) is 0.357. The van der Waals surface area contributed by atoms with E-state index in [4.69, 9.17) is 0 Å². The predicted molar refractivity (Wildman–Crippen MR) is 82.9 cm³/mol. The Hall–Kier alpha value is -1.86. The second-order valence-electron chi connectivity index (χ2n) is 4.98. The van der Waals surface area contributed by atoms with Crippen molar-refractivity contribution in [1.82, 2.24) is 10.9 Å². The molecule has 3 atom stereocenters. The average molecular weight is 304 g/mol. The maximum Gasteiger partial charge on any atom is 0.241 e. The third kappa shape index (κ3) is 2.32. The van der Waals surface area contributed by atoms with Gasteiger partial charge in [-0.1, -0.05) is 30.0 Å². The van der Waals surface area contributed by atoms with Gasteiger partial charge < -0.3 is 0 Å². The van der Waals surface area contributed by atoms with Gasteiger partial charge in [-0.3, -0.25) is 24.9 Å². The quantitative estimate of drug-likeness (QED) is 0.789. The molecule has 1 saturated heterocycles. The number of fused-ring (bicyclic) bond motifs is 1. The molecule has 2 aliphatic rings. The van der Waals surface area contributed by atoms with Crippen molar-refractivity contribution in [2.45, 2.75) is 19.1 Å². The molecule has 2 aliphatic heterocycles. The lowest BCUT2D eigenvalue weighted by atomic mass is 9.98. The summed E-state index contributed by atoms with van der Waals surface area (Å²) in [6, 6.07) is 8.93. The van der Waals surface area contributed by atoms with Crippen LogP contribution >= 0.6 is 11.8 Å². The summed E-state index contributed by atoms with van der Waals surface area (Å²) in [5, 5.41) is 0.685. The summed E-state index contributed by atoms with van der Waals surface area (Å²) in [5.74, 6) is -1.09. The number of nitrogens with one attached hydrogen (secondary N) is 2. The number of hydrogen-bond donors (Lipinski definition) is 2. The molecular weight excluding hydrogens is 288 g/mol. The number of amidine groups is 1. The van der Waals surface area contributed by atoms with Crippen LogP contribution in [0.5, 0.6) is 0 Å². The number of thioether (sulfide) groups is 1. The molecule has 6 nitrogen and oxygen atoms in total. The maximum absolute atomic E-state index is 12.7. The summed E-state index contributed by atoms with van der Waals surface area (Å²) in [5.41, 5.74) is 6.84. The van der Waals surface area contributed by atoms with E-state index in [9.17, 15) is 9.59 Å². The summed E-state index contributed by atoms with van der Waals surface area (Å²) in [7, 11) is 0. The van der Waals surface area contributed by atoms with E-state index in [2.05, 4.69) is 15.8 Å². The Balaban J connectivity index is 2.03. The van der Waals surface area contributed by atoms with E-state index in [1.54, 1.807) is 4.90 Å². The number of para-hydroxylation sites is 1. The number of benzene rings is 1. The minimum atomic E-state index is -0.730. The number of Topliss-reactive ketones (excluding diaryl/α,β-unsaturated/α-hetero) is 1. The second-order valence-corrected chi connectivity index (χ2v) is 5.77. The number of rotatable bonds is 2. The minimum Gasteiger partial charge on any atom is -0.299 e. The van der Waals surface area contributed by atoms with Crippen LogP contribution in [-0.4, -0.2) is 35.3 Å². The number of hydrazine groups is 1. The molecule has 21 heavy (non-hydrogen) atoms. The molecule has 0 aliphatic carbocycles. The molecule has 0 saturated carbocycles. The lowest BCUT2D eigenvalue weighted by molar-refractivity contribution is -0.129. The van der Waals surface area contributed by atoms with Crippen molar-refractivity contribution in [2.24, 2.45) is 10.9 Å². The van der Waals surface area contributed by atoms with Crippen molar-refractivity contribution in [3.05, 3.63) is 30.3 Å². The molecule has 110 valence electrons. The standard InChI is InChI=1S/C14H16N4O2S/c1-8(19)10-11-12(16-17-14(15-11)21-2)18(13(10)20)9-6-4-3-5-7-9/h3-7,10-12,16H,1-2H3,(H,15,17)/t10-,11+,12-/m0/s1. The molecule has 1 amide bonds. The average Bonchev–Trinajstić information content (AvgIpc) is 2.79. The predicted octanol–water partition coefficient (Wildman–Crippen LogP) is 0.760. The van der Waals surface area contributed by atoms with Crippen molar-refractivity contribution in [3.63, 3.8) is 0 Å².